The minimum atomic E-state index is -0.427. The SMILES string of the molecule is CCc1cccc(N(C#N)CC(=O)OC)c1. The maximum atomic E-state index is 11.1. The van der Waals surface area contributed by atoms with Gasteiger partial charge in [0.05, 0.1) is 12.8 Å². The number of ether oxygens (including phenoxy) is 1. The van der Waals surface area contributed by atoms with E-state index in [9.17, 15) is 4.79 Å². The molecule has 0 bridgehead atoms. The van der Waals surface area contributed by atoms with Gasteiger partial charge in [0, 0.05) is 0 Å². The van der Waals surface area contributed by atoms with Crippen LogP contribution in [0.1, 0.15) is 12.5 Å². The largest absolute Gasteiger partial charge is 0.468 e. The molecule has 4 nitrogen and oxygen atoms in total. The number of carbonyl (C=O) groups excluding carboxylic acids is 1. The summed E-state index contributed by atoms with van der Waals surface area (Å²) >= 11 is 0. The molecule has 0 radical (unpaired) electrons. The highest BCUT2D eigenvalue weighted by molar-refractivity contribution is 5.76. The van der Waals surface area contributed by atoms with Crippen LogP contribution in [0.4, 0.5) is 5.69 Å². The fraction of sp³-hybridized carbons (Fsp3) is 0.333. The summed E-state index contributed by atoms with van der Waals surface area (Å²) in [5.41, 5.74) is 1.84. The molecule has 1 aromatic rings. The van der Waals surface area contributed by atoms with E-state index < -0.39 is 5.97 Å². The van der Waals surface area contributed by atoms with Gasteiger partial charge in [0.2, 0.25) is 0 Å². The van der Waals surface area contributed by atoms with Crippen molar-refractivity contribution in [3.8, 4) is 6.19 Å². The molecule has 1 aromatic carbocycles. The number of rotatable bonds is 4. The highest BCUT2D eigenvalue weighted by Gasteiger charge is 2.11. The van der Waals surface area contributed by atoms with Crippen LogP contribution in [-0.4, -0.2) is 19.6 Å². The second-order valence-electron chi connectivity index (χ2n) is 3.29. The molecule has 0 unspecified atom stereocenters. The molecule has 84 valence electrons. The van der Waals surface area contributed by atoms with Gasteiger partial charge in [0.15, 0.2) is 6.19 Å². The van der Waals surface area contributed by atoms with Crippen LogP contribution in [0.3, 0.4) is 0 Å². The number of benzene rings is 1. The lowest BCUT2D eigenvalue weighted by atomic mass is 10.1. The molecular weight excluding hydrogens is 204 g/mol. The Labute approximate surface area is 95.0 Å². The zero-order valence-electron chi connectivity index (χ0n) is 9.43. The molecule has 0 amide bonds. The topological polar surface area (TPSA) is 53.3 Å². The number of hydrogen-bond donors (Lipinski definition) is 0. The molecule has 0 saturated heterocycles. The van der Waals surface area contributed by atoms with Gasteiger partial charge in [-0.2, -0.15) is 5.26 Å². The van der Waals surface area contributed by atoms with Crippen LogP contribution in [0.5, 0.6) is 0 Å². The van der Waals surface area contributed by atoms with Crippen molar-refractivity contribution in [3.63, 3.8) is 0 Å². The van der Waals surface area contributed by atoms with Crippen LogP contribution in [0, 0.1) is 11.5 Å². The molecule has 0 aromatic heterocycles. The molecule has 0 spiro atoms. The van der Waals surface area contributed by atoms with Crippen molar-refractivity contribution in [3.05, 3.63) is 29.8 Å². The Morgan fingerprint density at radius 3 is 2.88 bits per heavy atom. The number of aryl methyl sites for hydroxylation is 1. The first-order valence-corrected chi connectivity index (χ1v) is 5.04. The maximum Gasteiger partial charge on any atom is 0.326 e. The van der Waals surface area contributed by atoms with Gasteiger partial charge >= 0.3 is 5.97 Å². The molecule has 1 rings (SSSR count). The van der Waals surface area contributed by atoms with Crippen molar-refractivity contribution in [1.82, 2.24) is 0 Å². The summed E-state index contributed by atoms with van der Waals surface area (Å²) in [6.07, 6.45) is 2.86. The fourth-order valence-electron chi connectivity index (χ4n) is 1.32. The molecule has 0 aliphatic heterocycles. The van der Waals surface area contributed by atoms with Crippen LogP contribution in [-0.2, 0) is 16.0 Å². The van der Waals surface area contributed by atoms with E-state index in [-0.39, 0.29) is 6.54 Å². The van der Waals surface area contributed by atoms with E-state index in [2.05, 4.69) is 4.74 Å². The molecule has 16 heavy (non-hydrogen) atoms. The second-order valence-corrected chi connectivity index (χ2v) is 3.29. The lowest BCUT2D eigenvalue weighted by Gasteiger charge is -2.14. The number of methoxy groups -OCH3 is 1. The van der Waals surface area contributed by atoms with E-state index >= 15 is 0 Å². The van der Waals surface area contributed by atoms with Gasteiger partial charge in [-0.05, 0) is 24.1 Å². The number of esters is 1. The van der Waals surface area contributed by atoms with E-state index in [4.69, 9.17) is 5.26 Å². The number of hydrogen-bond acceptors (Lipinski definition) is 4. The first-order chi connectivity index (χ1) is 7.71. The molecule has 0 saturated carbocycles. The highest BCUT2D eigenvalue weighted by Crippen LogP contribution is 2.15. The lowest BCUT2D eigenvalue weighted by Crippen LogP contribution is -2.25. The van der Waals surface area contributed by atoms with Crippen LogP contribution in [0.2, 0.25) is 0 Å². The van der Waals surface area contributed by atoms with Gasteiger partial charge in [-0.3, -0.25) is 9.69 Å². The molecule has 0 aliphatic carbocycles. The summed E-state index contributed by atoms with van der Waals surface area (Å²) in [5, 5.41) is 8.96. The predicted molar refractivity (Wildman–Crippen MR) is 60.8 cm³/mol. The first kappa shape index (κ1) is 12.1. The Morgan fingerprint density at radius 2 is 2.31 bits per heavy atom. The van der Waals surface area contributed by atoms with Crippen molar-refractivity contribution in [1.29, 1.82) is 5.26 Å². The average molecular weight is 218 g/mol. The standard InChI is InChI=1S/C12H14N2O2/c1-3-10-5-4-6-11(7-10)14(9-13)8-12(15)16-2/h4-7H,3,8H2,1-2H3. The Kier molecular flexibility index (Phi) is 4.34. The van der Waals surface area contributed by atoms with Crippen molar-refractivity contribution < 1.29 is 9.53 Å². The summed E-state index contributed by atoms with van der Waals surface area (Å²) < 4.78 is 4.53. The minimum Gasteiger partial charge on any atom is -0.468 e. The average Bonchev–Trinajstić information content (AvgIpc) is 2.35. The van der Waals surface area contributed by atoms with Crippen LogP contribution in [0.15, 0.2) is 24.3 Å². The molecular formula is C12H14N2O2. The smallest absolute Gasteiger partial charge is 0.326 e. The summed E-state index contributed by atoms with van der Waals surface area (Å²) in [6, 6.07) is 7.55. The van der Waals surface area contributed by atoms with Gasteiger partial charge in [0.1, 0.15) is 6.54 Å². The fourth-order valence-corrected chi connectivity index (χ4v) is 1.32. The molecule has 0 atom stereocenters. The van der Waals surface area contributed by atoms with Gasteiger partial charge in [-0.15, -0.1) is 0 Å². The molecule has 4 heteroatoms. The Bertz CT molecular complexity index is 410. The quantitative estimate of drug-likeness (QED) is 0.438. The first-order valence-electron chi connectivity index (χ1n) is 5.04. The van der Waals surface area contributed by atoms with Crippen LogP contribution < -0.4 is 4.90 Å². The summed E-state index contributed by atoms with van der Waals surface area (Å²) in [4.78, 5) is 12.4. The second kappa shape index (κ2) is 5.76. The van der Waals surface area contributed by atoms with Gasteiger partial charge in [-0.1, -0.05) is 19.1 Å². The molecule has 0 fully saturated rings. The third-order valence-corrected chi connectivity index (χ3v) is 2.27. The van der Waals surface area contributed by atoms with Gasteiger partial charge in [0.25, 0.3) is 0 Å². The van der Waals surface area contributed by atoms with Gasteiger partial charge < -0.3 is 4.74 Å². The Morgan fingerprint density at radius 1 is 1.56 bits per heavy atom. The van der Waals surface area contributed by atoms with Crippen molar-refractivity contribution >= 4 is 11.7 Å². The molecule has 0 N–H and O–H groups in total. The Hall–Kier alpha value is -2.02. The number of carbonyl (C=O) groups is 1. The van der Waals surface area contributed by atoms with Crippen molar-refractivity contribution in [2.24, 2.45) is 0 Å². The van der Waals surface area contributed by atoms with Gasteiger partial charge in [-0.25, -0.2) is 0 Å². The van der Waals surface area contributed by atoms with Crippen molar-refractivity contribution in [2.75, 3.05) is 18.6 Å². The van der Waals surface area contributed by atoms with E-state index in [0.717, 1.165) is 12.0 Å². The Balaban J connectivity index is 2.87. The minimum absolute atomic E-state index is 0.0554. The molecule has 0 heterocycles. The summed E-state index contributed by atoms with van der Waals surface area (Å²) in [5.74, 6) is -0.427. The number of anilines is 1. The predicted octanol–water partition coefficient (Wildman–Crippen LogP) is 1.71. The maximum absolute atomic E-state index is 11.1. The highest BCUT2D eigenvalue weighted by atomic mass is 16.5. The molecule has 0 aliphatic rings. The number of nitrogens with zero attached hydrogens (tertiary/aromatic N) is 2. The van der Waals surface area contributed by atoms with E-state index in [1.54, 1.807) is 6.07 Å². The third kappa shape index (κ3) is 2.99. The van der Waals surface area contributed by atoms with Crippen LogP contribution in [0.25, 0.3) is 0 Å². The summed E-state index contributed by atoms with van der Waals surface area (Å²) in [7, 11) is 1.31. The van der Waals surface area contributed by atoms with Crippen LogP contribution >= 0.6 is 0 Å². The number of nitriles is 1. The van der Waals surface area contributed by atoms with E-state index in [0.29, 0.717) is 5.69 Å². The summed E-state index contributed by atoms with van der Waals surface area (Å²) in [6.45, 7) is 1.98. The normalized spacial score (nSPS) is 9.31. The third-order valence-electron chi connectivity index (χ3n) is 2.27. The zero-order chi connectivity index (χ0) is 12.0. The van der Waals surface area contributed by atoms with E-state index in [1.165, 1.54) is 12.0 Å². The van der Waals surface area contributed by atoms with E-state index in [1.807, 2.05) is 31.3 Å². The lowest BCUT2D eigenvalue weighted by molar-refractivity contribution is -0.138. The monoisotopic (exact) mass is 218 g/mol. The van der Waals surface area contributed by atoms with Crippen molar-refractivity contribution in [2.45, 2.75) is 13.3 Å². The zero-order valence-corrected chi connectivity index (χ0v) is 9.43.